The lowest BCUT2D eigenvalue weighted by Gasteiger charge is -2.05. The average Bonchev–Trinajstić information content (AvgIpc) is 2.03. The van der Waals surface area contributed by atoms with Crippen LogP contribution < -0.4 is 5.73 Å². The van der Waals surface area contributed by atoms with E-state index in [-0.39, 0.29) is 6.04 Å². The molecule has 0 aliphatic heterocycles. The number of nitriles is 1. The highest BCUT2D eigenvalue weighted by molar-refractivity contribution is 5.33. The Hall–Kier alpha value is -1.40. The van der Waals surface area contributed by atoms with Crippen molar-refractivity contribution in [1.29, 1.82) is 5.26 Å². The van der Waals surface area contributed by atoms with Crippen LogP contribution in [0.2, 0.25) is 0 Å². The number of hydrogen-bond acceptors (Lipinski definition) is 2. The molecule has 0 bridgehead atoms. The Morgan fingerprint density at radius 2 is 2.25 bits per heavy atom. The first-order valence-corrected chi connectivity index (χ1v) is 3.60. The van der Waals surface area contributed by atoms with Crippen molar-refractivity contribution >= 4 is 0 Å². The molecule has 3 heteroatoms. The van der Waals surface area contributed by atoms with Gasteiger partial charge in [0.05, 0.1) is 11.6 Å². The lowest BCUT2D eigenvalue weighted by molar-refractivity contribution is 0.593. The number of nitrogens with zero attached hydrogens (tertiary/aromatic N) is 1. The van der Waals surface area contributed by atoms with Crippen molar-refractivity contribution in [2.75, 3.05) is 0 Å². The highest BCUT2D eigenvalue weighted by atomic mass is 19.1. The first kappa shape index (κ1) is 8.69. The zero-order valence-corrected chi connectivity index (χ0v) is 6.71. The fourth-order valence-corrected chi connectivity index (χ4v) is 0.966. The Morgan fingerprint density at radius 1 is 1.58 bits per heavy atom. The van der Waals surface area contributed by atoms with Crippen LogP contribution in [0.1, 0.15) is 24.1 Å². The molecule has 2 N–H and O–H groups in total. The van der Waals surface area contributed by atoms with Crippen LogP contribution in [-0.4, -0.2) is 0 Å². The quantitative estimate of drug-likeness (QED) is 0.687. The van der Waals surface area contributed by atoms with Crippen molar-refractivity contribution in [3.63, 3.8) is 0 Å². The van der Waals surface area contributed by atoms with Gasteiger partial charge in [0.2, 0.25) is 0 Å². The van der Waals surface area contributed by atoms with Gasteiger partial charge < -0.3 is 5.73 Å². The van der Waals surface area contributed by atoms with E-state index in [0.29, 0.717) is 11.1 Å². The van der Waals surface area contributed by atoms with E-state index in [1.807, 2.05) is 6.07 Å². The molecule has 0 spiro atoms. The Labute approximate surface area is 70.4 Å². The molecule has 12 heavy (non-hydrogen) atoms. The van der Waals surface area contributed by atoms with Crippen molar-refractivity contribution < 1.29 is 4.39 Å². The van der Waals surface area contributed by atoms with Gasteiger partial charge >= 0.3 is 0 Å². The highest BCUT2D eigenvalue weighted by Gasteiger charge is 2.06. The van der Waals surface area contributed by atoms with E-state index < -0.39 is 5.82 Å². The smallest absolute Gasteiger partial charge is 0.129 e. The predicted octanol–water partition coefficient (Wildman–Crippen LogP) is 1.72. The van der Waals surface area contributed by atoms with E-state index in [4.69, 9.17) is 11.0 Å². The summed E-state index contributed by atoms with van der Waals surface area (Å²) >= 11 is 0. The van der Waals surface area contributed by atoms with Gasteiger partial charge in [0.25, 0.3) is 0 Å². The van der Waals surface area contributed by atoms with Crippen LogP contribution in [0.25, 0.3) is 0 Å². The molecule has 1 aromatic carbocycles. The standard InChI is InChI=1S/C9H9FN2/c1-6(12)8-3-2-7(5-11)4-9(8)10/h2-4,6H,12H2,1H3/t6-/m0/s1. The second-order valence-corrected chi connectivity index (χ2v) is 2.64. The van der Waals surface area contributed by atoms with E-state index in [0.717, 1.165) is 0 Å². The van der Waals surface area contributed by atoms with Crippen LogP contribution in [-0.2, 0) is 0 Å². The molecule has 2 nitrogen and oxygen atoms in total. The van der Waals surface area contributed by atoms with E-state index >= 15 is 0 Å². The number of benzene rings is 1. The molecule has 1 aromatic rings. The second-order valence-electron chi connectivity index (χ2n) is 2.64. The minimum Gasteiger partial charge on any atom is -0.324 e. The molecule has 1 atom stereocenters. The third-order valence-corrected chi connectivity index (χ3v) is 1.62. The van der Waals surface area contributed by atoms with Gasteiger partial charge in [-0.2, -0.15) is 5.26 Å². The molecule has 0 heterocycles. The fraction of sp³-hybridized carbons (Fsp3) is 0.222. The van der Waals surface area contributed by atoms with Crippen molar-refractivity contribution in [2.45, 2.75) is 13.0 Å². The molecule has 0 aromatic heterocycles. The molecular formula is C9H9FN2. The molecule has 0 fully saturated rings. The Bertz CT molecular complexity index is 326. The number of nitrogens with two attached hydrogens (primary N) is 1. The van der Waals surface area contributed by atoms with Gasteiger partial charge in [0.1, 0.15) is 5.82 Å². The topological polar surface area (TPSA) is 49.8 Å². The van der Waals surface area contributed by atoms with Crippen LogP contribution in [0.15, 0.2) is 18.2 Å². The SMILES string of the molecule is C[C@H](N)c1ccc(C#N)cc1F. The Kier molecular flexibility index (Phi) is 2.41. The summed E-state index contributed by atoms with van der Waals surface area (Å²) in [5.41, 5.74) is 6.24. The summed E-state index contributed by atoms with van der Waals surface area (Å²) in [5, 5.41) is 8.44. The molecular weight excluding hydrogens is 155 g/mol. The lowest BCUT2D eigenvalue weighted by atomic mass is 10.1. The average molecular weight is 164 g/mol. The summed E-state index contributed by atoms with van der Waals surface area (Å²) in [4.78, 5) is 0. The molecule has 0 aliphatic carbocycles. The molecule has 0 radical (unpaired) electrons. The zero-order valence-electron chi connectivity index (χ0n) is 6.71. The zero-order chi connectivity index (χ0) is 9.14. The minimum atomic E-state index is -0.413. The maximum absolute atomic E-state index is 13.1. The van der Waals surface area contributed by atoms with Gasteiger partial charge in [-0.25, -0.2) is 4.39 Å². The van der Waals surface area contributed by atoms with Gasteiger partial charge in [-0.3, -0.25) is 0 Å². The summed E-state index contributed by atoms with van der Waals surface area (Å²) < 4.78 is 13.1. The molecule has 0 amide bonds. The number of hydrogen-bond donors (Lipinski definition) is 1. The number of halogens is 1. The van der Waals surface area contributed by atoms with Crippen molar-refractivity contribution in [1.82, 2.24) is 0 Å². The van der Waals surface area contributed by atoms with Crippen LogP contribution >= 0.6 is 0 Å². The molecule has 0 aliphatic rings. The largest absolute Gasteiger partial charge is 0.324 e. The molecule has 0 saturated carbocycles. The van der Waals surface area contributed by atoms with Crippen LogP contribution in [0.4, 0.5) is 4.39 Å². The number of rotatable bonds is 1. The molecule has 62 valence electrons. The van der Waals surface area contributed by atoms with Gasteiger partial charge in [0.15, 0.2) is 0 Å². The summed E-state index contributed by atoms with van der Waals surface area (Å²) in [6.07, 6.45) is 0. The Balaban J connectivity index is 3.14. The van der Waals surface area contributed by atoms with E-state index in [1.54, 1.807) is 19.1 Å². The normalized spacial score (nSPS) is 12.2. The summed E-state index contributed by atoms with van der Waals surface area (Å²) in [7, 11) is 0. The molecule has 1 rings (SSSR count). The first-order chi connectivity index (χ1) is 5.65. The van der Waals surface area contributed by atoms with Crippen LogP contribution in [0.3, 0.4) is 0 Å². The highest BCUT2D eigenvalue weighted by Crippen LogP contribution is 2.15. The monoisotopic (exact) mass is 164 g/mol. The third-order valence-electron chi connectivity index (χ3n) is 1.62. The van der Waals surface area contributed by atoms with Crippen LogP contribution in [0, 0.1) is 17.1 Å². The van der Waals surface area contributed by atoms with Crippen LogP contribution in [0.5, 0.6) is 0 Å². The molecule has 0 unspecified atom stereocenters. The second kappa shape index (κ2) is 3.33. The van der Waals surface area contributed by atoms with Gasteiger partial charge in [-0.05, 0) is 19.1 Å². The lowest BCUT2D eigenvalue weighted by Crippen LogP contribution is -2.07. The molecule has 0 saturated heterocycles. The minimum absolute atomic E-state index is 0.317. The maximum atomic E-state index is 13.1. The summed E-state index contributed by atoms with van der Waals surface area (Å²) in [6, 6.07) is 5.81. The summed E-state index contributed by atoms with van der Waals surface area (Å²) in [6.45, 7) is 1.70. The van der Waals surface area contributed by atoms with E-state index in [2.05, 4.69) is 0 Å². The van der Waals surface area contributed by atoms with Gasteiger partial charge in [-0.15, -0.1) is 0 Å². The fourth-order valence-electron chi connectivity index (χ4n) is 0.966. The van der Waals surface area contributed by atoms with Crippen molar-refractivity contribution in [3.05, 3.63) is 35.1 Å². The van der Waals surface area contributed by atoms with Crippen molar-refractivity contribution in [3.8, 4) is 6.07 Å². The van der Waals surface area contributed by atoms with E-state index in [1.165, 1.54) is 6.07 Å². The first-order valence-electron chi connectivity index (χ1n) is 3.60. The van der Waals surface area contributed by atoms with Gasteiger partial charge in [-0.1, -0.05) is 6.07 Å². The third kappa shape index (κ3) is 1.60. The summed E-state index contributed by atoms with van der Waals surface area (Å²) in [5.74, 6) is -0.413. The van der Waals surface area contributed by atoms with Gasteiger partial charge in [0, 0.05) is 11.6 Å². The van der Waals surface area contributed by atoms with Crippen molar-refractivity contribution in [2.24, 2.45) is 5.73 Å². The maximum Gasteiger partial charge on any atom is 0.129 e. The Morgan fingerprint density at radius 3 is 2.67 bits per heavy atom. The van der Waals surface area contributed by atoms with E-state index in [9.17, 15) is 4.39 Å². The predicted molar refractivity (Wildman–Crippen MR) is 43.7 cm³/mol.